The van der Waals surface area contributed by atoms with Gasteiger partial charge < -0.3 is 19.5 Å². The van der Waals surface area contributed by atoms with Crippen LogP contribution in [-0.4, -0.2) is 25.7 Å². The number of rotatable bonds is 5. The smallest absolute Gasteiger partial charge is 0.387 e. The molecule has 0 aromatic heterocycles. The molecule has 0 atom stereocenters. The number of ether oxygens (including phenoxy) is 3. The molecule has 0 unspecified atom stereocenters. The molecule has 2 aromatic rings. The molecule has 0 bridgehead atoms. The summed E-state index contributed by atoms with van der Waals surface area (Å²) < 4.78 is 40.1. The second kappa shape index (κ2) is 7.16. The van der Waals surface area contributed by atoms with Gasteiger partial charge in [0, 0.05) is 6.54 Å². The van der Waals surface area contributed by atoms with Gasteiger partial charge in [0.15, 0.2) is 11.5 Å². The fraction of sp³-hybridized carbons (Fsp3) is 0.235. The van der Waals surface area contributed by atoms with Crippen LogP contribution in [0.5, 0.6) is 17.2 Å². The number of benzene rings is 2. The molecule has 0 saturated carbocycles. The average molecular weight is 335 g/mol. The molecular formula is C17H15F2NO4. The Labute approximate surface area is 137 Å². The predicted molar refractivity (Wildman–Crippen MR) is 81.7 cm³/mol. The van der Waals surface area contributed by atoms with Crippen LogP contribution in [0.25, 0.3) is 0 Å². The minimum Gasteiger partial charge on any atom is -0.486 e. The van der Waals surface area contributed by atoms with Crippen LogP contribution >= 0.6 is 0 Å². The predicted octanol–water partition coefficient (Wildman–Crippen LogP) is 2.99. The van der Waals surface area contributed by atoms with Crippen LogP contribution in [0.3, 0.4) is 0 Å². The van der Waals surface area contributed by atoms with E-state index in [1.807, 2.05) is 0 Å². The topological polar surface area (TPSA) is 56.8 Å². The van der Waals surface area contributed by atoms with Gasteiger partial charge in [-0.1, -0.05) is 18.2 Å². The minimum atomic E-state index is -2.99. The van der Waals surface area contributed by atoms with Gasteiger partial charge in [-0.25, -0.2) is 0 Å². The highest BCUT2D eigenvalue weighted by atomic mass is 19.3. The molecule has 0 saturated heterocycles. The molecule has 1 N–H and O–H groups in total. The van der Waals surface area contributed by atoms with Gasteiger partial charge in [-0.3, -0.25) is 4.79 Å². The van der Waals surface area contributed by atoms with E-state index in [4.69, 9.17) is 9.47 Å². The van der Waals surface area contributed by atoms with Crippen LogP contribution in [0.2, 0.25) is 0 Å². The van der Waals surface area contributed by atoms with Crippen molar-refractivity contribution in [3.05, 3.63) is 53.6 Å². The highest BCUT2D eigenvalue weighted by Gasteiger charge is 2.16. The number of carbonyl (C=O) groups is 1. The SMILES string of the molecule is O=C(NCc1ccc2c(c1)OCCO2)c1ccccc1OC(F)F. The van der Waals surface area contributed by atoms with Crippen LogP contribution in [0.15, 0.2) is 42.5 Å². The van der Waals surface area contributed by atoms with Gasteiger partial charge in [-0.05, 0) is 29.8 Å². The molecule has 1 aliphatic rings. The second-order valence-corrected chi connectivity index (χ2v) is 5.04. The van der Waals surface area contributed by atoms with Crippen LogP contribution in [0.1, 0.15) is 15.9 Å². The molecule has 7 heteroatoms. The number of nitrogens with one attached hydrogen (secondary N) is 1. The van der Waals surface area contributed by atoms with Gasteiger partial charge in [-0.15, -0.1) is 0 Å². The summed E-state index contributed by atoms with van der Waals surface area (Å²) in [6.07, 6.45) is 0. The van der Waals surface area contributed by atoms with E-state index < -0.39 is 12.5 Å². The Bertz CT molecular complexity index is 736. The molecular weight excluding hydrogens is 320 g/mol. The zero-order valence-corrected chi connectivity index (χ0v) is 12.6. The third-order valence-corrected chi connectivity index (χ3v) is 3.41. The van der Waals surface area contributed by atoms with Crippen molar-refractivity contribution >= 4 is 5.91 Å². The summed E-state index contributed by atoms with van der Waals surface area (Å²) in [4.78, 5) is 12.2. The molecule has 1 amide bonds. The molecule has 1 heterocycles. The van der Waals surface area contributed by atoms with E-state index in [-0.39, 0.29) is 17.9 Å². The average Bonchev–Trinajstić information content (AvgIpc) is 2.59. The van der Waals surface area contributed by atoms with Gasteiger partial charge in [0.2, 0.25) is 0 Å². The number of carbonyl (C=O) groups excluding carboxylic acids is 1. The number of alkyl halides is 2. The first kappa shape index (κ1) is 16.0. The van der Waals surface area contributed by atoms with Crippen LogP contribution < -0.4 is 19.5 Å². The van der Waals surface area contributed by atoms with Crippen LogP contribution in [0.4, 0.5) is 8.78 Å². The summed E-state index contributed by atoms with van der Waals surface area (Å²) in [6.45, 7) is -1.79. The standard InChI is InChI=1S/C17H15F2NO4/c18-17(19)24-13-4-2-1-3-12(13)16(21)20-10-11-5-6-14-15(9-11)23-8-7-22-14/h1-6,9,17H,7-8,10H2,(H,20,21). The molecule has 0 radical (unpaired) electrons. The number of amides is 1. The number of hydrogen-bond acceptors (Lipinski definition) is 4. The molecule has 2 aromatic carbocycles. The number of fused-ring (bicyclic) bond motifs is 1. The van der Waals surface area contributed by atoms with Crippen molar-refractivity contribution in [3.8, 4) is 17.2 Å². The van der Waals surface area contributed by atoms with Crippen LogP contribution in [0, 0.1) is 0 Å². The first-order valence-electron chi connectivity index (χ1n) is 7.34. The second-order valence-electron chi connectivity index (χ2n) is 5.04. The molecule has 0 fully saturated rings. The lowest BCUT2D eigenvalue weighted by atomic mass is 10.1. The monoisotopic (exact) mass is 335 g/mol. The third kappa shape index (κ3) is 3.73. The van der Waals surface area contributed by atoms with Gasteiger partial charge in [0.1, 0.15) is 19.0 Å². The van der Waals surface area contributed by atoms with Crippen molar-refractivity contribution in [1.29, 1.82) is 0 Å². The van der Waals surface area contributed by atoms with Crippen molar-refractivity contribution in [2.45, 2.75) is 13.2 Å². The maximum atomic E-state index is 12.4. The summed E-state index contributed by atoms with van der Waals surface area (Å²) in [5.74, 6) is 0.620. The first-order valence-corrected chi connectivity index (χ1v) is 7.34. The normalized spacial score (nSPS) is 12.8. The molecule has 24 heavy (non-hydrogen) atoms. The summed E-state index contributed by atoms with van der Waals surface area (Å²) in [7, 11) is 0. The first-order chi connectivity index (χ1) is 11.6. The lowest BCUT2D eigenvalue weighted by molar-refractivity contribution is -0.0501. The van der Waals surface area contributed by atoms with E-state index in [1.54, 1.807) is 24.3 Å². The van der Waals surface area contributed by atoms with Gasteiger partial charge >= 0.3 is 6.61 Å². The Morgan fingerprint density at radius 1 is 1.12 bits per heavy atom. The Hall–Kier alpha value is -2.83. The van der Waals surface area contributed by atoms with Crippen molar-refractivity contribution < 1.29 is 27.8 Å². The maximum Gasteiger partial charge on any atom is 0.387 e. The van der Waals surface area contributed by atoms with E-state index >= 15 is 0 Å². The van der Waals surface area contributed by atoms with Gasteiger partial charge in [0.05, 0.1) is 5.56 Å². The van der Waals surface area contributed by atoms with E-state index in [0.29, 0.717) is 24.7 Å². The summed E-state index contributed by atoms with van der Waals surface area (Å²) >= 11 is 0. The van der Waals surface area contributed by atoms with Crippen molar-refractivity contribution in [1.82, 2.24) is 5.32 Å². The van der Waals surface area contributed by atoms with E-state index in [0.717, 1.165) is 5.56 Å². The lowest BCUT2D eigenvalue weighted by Gasteiger charge is -2.19. The largest absolute Gasteiger partial charge is 0.486 e. The summed E-state index contributed by atoms with van der Waals surface area (Å²) in [6, 6.07) is 11.2. The summed E-state index contributed by atoms with van der Waals surface area (Å²) in [5, 5.41) is 2.68. The number of para-hydroxylation sites is 1. The molecule has 0 aliphatic carbocycles. The van der Waals surface area contributed by atoms with Crippen molar-refractivity contribution in [2.75, 3.05) is 13.2 Å². The quantitative estimate of drug-likeness (QED) is 0.913. The third-order valence-electron chi connectivity index (χ3n) is 3.41. The maximum absolute atomic E-state index is 12.4. The molecule has 5 nitrogen and oxygen atoms in total. The van der Waals surface area contributed by atoms with Crippen molar-refractivity contribution in [3.63, 3.8) is 0 Å². The van der Waals surface area contributed by atoms with E-state index in [1.165, 1.54) is 18.2 Å². The Morgan fingerprint density at radius 3 is 2.67 bits per heavy atom. The van der Waals surface area contributed by atoms with E-state index in [2.05, 4.69) is 10.1 Å². The van der Waals surface area contributed by atoms with Crippen molar-refractivity contribution in [2.24, 2.45) is 0 Å². The highest BCUT2D eigenvalue weighted by molar-refractivity contribution is 5.96. The lowest BCUT2D eigenvalue weighted by Crippen LogP contribution is -2.24. The molecule has 126 valence electrons. The fourth-order valence-electron chi connectivity index (χ4n) is 2.33. The fourth-order valence-corrected chi connectivity index (χ4v) is 2.33. The molecule has 3 rings (SSSR count). The number of halogens is 2. The summed E-state index contributed by atoms with van der Waals surface area (Å²) in [5.41, 5.74) is 0.857. The Balaban J connectivity index is 1.68. The zero-order chi connectivity index (χ0) is 16.9. The molecule has 0 spiro atoms. The highest BCUT2D eigenvalue weighted by Crippen LogP contribution is 2.30. The Kier molecular flexibility index (Phi) is 4.79. The van der Waals surface area contributed by atoms with Gasteiger partial charge in [-0.2, -0.15) is 8.78 Å². The van der Waals surface area contributed by atoms with Gasteiger partial charge in [0.25, 0.3) is 5.91 Å². The van der Waals surface area contributed by atoms with Crippen LogP contribution in [-0.2, 0) is 6.54 Å². The number of hydrogen-bond donors (Lipinski definition) is 1. The van der Waals surface area contributed by atoms with E-state index in [9.17, 15) is 13.6 Å². The molecule has 1 aliphatic heterocycles. The minimum absolute atomic E-state index is 0.0512. The zero-order valence-electron chi connectivity index (χ0n) is 12.6. The Morgan fingerprint density at radius 2 is 1.88 bits per heavy atom.